The molecule has 1 aromatic rings. The fourth-order valence-corrected chi connectivity index (χ4v) is 9.30. The molecule has 2 heterocycles. The van der Waals surface area contributed by atoms with E-state index >= 15 is 0 Å². The van der Waals surface area contributed by atoms with Crippen LogP contribution in [0, 0.1) is 0 Å². The second-order valence-corrected chi connectivity index (χ2v) is 20.0. The Hall–Kier alpha value is -4.01. The topological polar surface area (TPSA) is 296 Å². The van der Waals surface area contributed by atoms with Crippen LogP contribution < -0.4 is 31.3 Å². The molecule has 2 saturated heterocycles. The minimum Gasteiger partial charge on any atom is -0.504 e. The zero-order valence-corrected chi connectivity index (χ0v) is 50.4. The highest BCUT2D eigenvalue weighted by molar-refractivity contribution is 8.00. The zero-order chi connectivity index (χ0) is 59.9. The number of ether oxygens (including phenoxy) is 16. The van der Waals surface area contributed by atoms with E-state index in [1.807, 2.05) is 11.8 Å². The number of amides is 5. The summed E-state index contributed by atoms with van der Waals surface area (Å²) in [6, 6.07) is 5.22. The lowest BCUT2D eigenvalue weighted by molar-refractivity contribution is -0.122. The van der Waals surface area contributed by atoms with Gasteiger partial charge in [0.1, 0.15) is 0 Å². The van der Waals surface area contributed by atoms with Crippen molar-refractivity contribution in [1.82, 2.24) is 26.6 Å². The zero-order valence-electron chi connectivity index (χ0n) is 49.6. The molecule has 26 nitrogen and oxygen atoms in total. The minimum absolute atomic E-state index is 0.0348. The number of rotatable bonds is 61. The monoisotopic (exact) mass is 1220 g/mol. The molecule has 0 radical (unpaired) electrons. The molecule has 6 N–H and O–H groups in total. The van der Waals surface area contributed by atoms with Crippen LogP contribution in [0.1, 0.15) is 50.5 Å². The number of methoxy groups -OCH3 is 1. The van der Waals surface area contributed by atoms with E-state index in [-0.39, 0.29) is 48.0 Å². The maximum atomic E-state index is 12.1. The third-order valence-corrected chi connectivity index (χ3v) is 13.7. The predicted octanol–water partition coefficient (Wildman–Crippen LogP) is 1.91. The molecule has 3 unspecified atom stereocenters. The molecule has 0 spiro atoms. The van der Waals surface area contributed by atoms with Gasteiger partial charge >= 0.3 is 6.03 Å². The van der Waals surface area contributed by atoms with Crippen molar-refractivity contribution in [3.8, 4) is 11.5 Å². The van der Waals surface area contributed by atoms with E-state index in [0.29, 0.717) is 248 Å². The van der Waals surface area contributed by atoms with Gasteiger partial charge in [0.2, 0.25) is 17.7 Å². The summed E-state index contributed by atoms with van der Waals surface area (Å²) in [7, 11) is 1.47. The highest BCUT2D eigenvalue weighted by Gasteiger charge is 2.42. The van der Waals surface area contributed by atoms with Crippen LogP contribution in [0.25, 0.3) is 6.08 Å². The number of phenols is 1. The quantitative estimate of drug-likeness (QED) is 0.0308. The van der Waals surface area contributed by atoms with Gasteiger partial charge in [-0.1, -0.05) is 12.5 Å². The number of benzene rings is 1. The largest absolute Gasteiger partial charge is 0.504 e. The van der Waals surface area contributed by atoms with Gasteiger partial charge in [0.15, 0.2) is 11.5 Å². The third kappa shape index (κ3) is 42.7. The molecule has 2 aliphatic rings. The summed E-state index contributed by atoms with van der Waals surface area (Å²) >= 11 is 1.90. The molecule has 0 aromatic heterocycles. The molecule has 1 aromatic carbocycles. The summed E-state index contributed by atoms with van der Waals surface area (Å²) in [5, 5.41) is 24.6. The molecule has 0 bridgehead atoms. The first-order valence-electron chi connectivity index (χ1n) is 29.6. The molecule has 84 heavy (non-hydrogen) atoms. The van der Waals surface area contributed by atoms with Crippen molar-refractivity contribution in [2.75, 3.05) is 231 Å². The van der Waals surface area contributed by atoms with E-state index in [2.05, 4.69) is 26.6 Å². The Morgan fingerprint density at radius 1 is 0.500 bits per heavy atom. The number of carbonyl (C=O) groups excluding carboxylic acids is 4. The lowest BCUT2D eigenvalue weighted by atomic mass is 10.0. The lowest BCUT2D eigenvalue weighted by Gasteiger charge is -2.16. The van der Waals surface area contributed by atoms with Crippen LogP contribution in [-0.2, 0) is 85.4 Å². The van der Waals surface area contributed by atoms with E-state index in [9.17, 15) is 24.3 Å². The Morgan fingerprint density at radius 2 is 0.905 bits per heavy atom. The van der Waals surface area contributed by atoms with Crippen LogP contribution >= 0.6 is 11.8 Å². The van der Waals surface area contributed by atoms with Crippen molar-refractivity contribution in [3.05, 3.63) is 29.8 Å². The Morgan fingerprint density at radius 3 is 1.37 bits per heavy atom. The number of unbranched alkanes of at least 4 members (excludes halogenated alkanes) is 1. The highest BCUT2D eigenvalue weighted by atomic mass is 32.2. The molecule has 0 aliphatic carbocycles. The fraction of sp³-hybridized carbons (Fsp3) is 0.789. The summed E-state index contributed by atoms with van der Waals surface area (Å²) in [5.74, 6) is 1.07. The van der Waals surface area contributed by atoms with E-state index in [4.69, 9.17) is 75.8 Å². The maximum absolute atomic E-state index is 12.1. The van der Waals surface area contributed by atoms with Crippen molar-refractivity contribution < 1.29 is 100 Å². The number of phenolic OH excluding ortho intramolecular Hbond substituents is 1. The smallest absolute Gasteiger partial charge is 0.315 e. The lowest BCUT2D eigenvalue weighted by Crippen LogP contribution is -2.36. The SMILES string of the molecule is COc1cc(C=CC(=O)NCCCOCCOCCOCCCNC(=O)CCOCCOCCOCCOCCOCCOCCOCCOCCOCCOCCOCCOCCNC(=O)CCCCC2SCC3NC(=O)NC32)ccc1O. The van der Waals surface area contributed by atoms with E-state index < -0.39 is 0 Å². The Balaban J connectivity index is 0.873. The number of thioether (sulfide) groups is 1. The first-order chi connectivity index (χ1) is 41.4. The van der Waals surface area contributed by atoms with Crippen molar-refractivity contribution in [3.63, 3.8) is 0 Å². The van der Waals surface area contributed by atoms with Crippen LogP contribution in [0.2, 0.25) is 0 Å². The minimum atomic E-state index is -0.221. The summed E-state index contributed by atoms with van der Waals surface area (Å²) in [5.41, 5.74) is 0.737. The average molecular weight is 1220 g/mol. The van der Waals surface area contributed by atoms with Crippen LogP contribution in [0.3, 0.4) is 0 Å². The molecular weight excluding hydrogens is 1120 g/mol. The van der Waals surface area contributed by atoms with Gasteiger partial charge in [-0.15, -0.1) is 0 Å². The van der Waals surface area contributed by atoms with Crippen molar-refractivity contribution in [2.24, 2.45) is 0 Å². The second kappa shape index (κ2) is 54.4. The third-order valence-electron chi connectivity index (χ3n) is 12.1. The number of hydrogen-bond donors (Lipinski definition) is 6. The van der Waals surface area contributed by atoms with E-state index in [1.54, 1.807) is 18.2 Å². The standard InChI is InChI=1S/C57H99N5O21S/c1-68-51-46-48(8-10-50(51)63)9-11-54(65)58-13-4-16-69-20-24-73-25-21-70-17-5-14-59-55(66)12-18-71-22-26-74-28-30-76-32-34-78-36-38-80-40-42-82-44-45-83-43-41-81-39-37-79-35-33-77-31-29-75-27-23-72-19-15-60-53(64)7-3-2-6-52-56-49(47-84-52)61-57(67)62-56/h8-11,46,49,52,56,63H,2-7,12-45,47H2,1H3,(H,58,65)(H,59,66)(H,60,64)(H2,61,62,67). The van der Waals surface area contributed by atoms with Crippen LogP contribution in [0.15, 0.2) is 24.3 Å². The van der Waals surface area contributed by atoms with Crippen LogP contribution in [0.5, 0.6) is 11.5 Å². The first-order valence-corrected chi connectivity index (χ1v) is 30.6. The van der Waals surface area contributed by atoms with Gasteiger partial charge in [-0.05, 0) is 49.5 Å². The number of urea groups is 1. The van der Waals surface area contributed by atoms with Gasteiger partial charge in [-0.25, -0.2) is 4.79 Å². The average Bonchev–Trinajstić information content (AvgIpc) is 3.66. The molecule has 484 valence electrons. The summed E-state index contributed by atoms with van der Waals surface area (Å²) in [6.07, 6.45) is 8.00. The number of carbonyl (C=O) groups is 4. The van der Waals surface area contributed by atoms with Crippen LogP contribution in [-0.4, -0.2) is 277 Å². The van der Waals surface area contributed by atoms with Gasteiger partial charge in [-0.2, -0.15) is 11.8 Å². The second-order valence-electron chi connectivity index (χ2n) is 18.8. The summed E-state index contributed by atoms with van der Waals surface area (Å²) < 4.78 is 87.8. The molecule has 2 fully saturated rings. The number of hydrogen-bond acceptors (Lipinski definition) is 22. The number of nitrogens with one attached hydrogen (secondary N) is 5. The predicted molar refractivity (Wildman–Crippen MR) is 313 cm³/mol. The molecule has 2 aliphatic heterocycles. The van der Waals surface area contributed by atoms with Gasteiger partial charge < -0.3 is 107 Å². The van der Waals surface area contributed by atoms with Crippen LogP contribution in [0.4, 0.5) is 4.79 Å². The van der Waals surface area contributed by atoms with Gasteiger partial charge in [0.05, 0.1) is 204 Å². The normalized spacial score (nSPS) is 15.6. The molecule has 3 rings (SSSR count). The van der Waals surface area contributed by atoms with Gasteiger partial charge in [-0.3, -0.25) is 14.4 Å². The summed E-state index contributed by atoms with van der Waals surface area (Å²) in [6.45, 7) is 15.0. The Labute approximate surface area is 500 Å². The summed E-state index contributed by atoms with van der Waals surface area (Å²) in [4.78, 5) is 47.6. The van der Waals surface area contributed by atoms with Crippen molar-refractivity contribution in [1.29, 1.82) is 0 Å². The maximum Gasteiger partial charge on any atom is 0.315 e. The number of fused-ring (bicyclic) bond motifs is 1. The van der Waals surface area contributed by atoms with Gasteiger partial charge in [0, 0.05) is 62.8 Å². The molecule has 3 atom stereocenters. The van der Waals surface area contributed by atoms with Crippen molar-refractivity contribution >= 4 is 41.6 Å². The molecule has 0 saturated carbocycles. The highest BCUT2D eigenvalue weighted by Crippen LogP contribution is 2.33. The molecule has 5 amide bonds. The Bertz CT molecular complexity index is 1820. The Kier molecular flexibility index (Phi) is 48.1. The van der Waals surface area contributed by atoms with E-state index in [1.165, 1.54) is 19.3 Å². The molecular formula is C57H99N5O21S. The number of aromatic hydroxyl groups is 1. The van der Waals surface area contributed by atoms with Crippen molar-refractivity contribution in [2.45, 2.75) is 62.3 Å². The van der Waals surface area contributed by atoms with Gasteiger partial charge in [0.25, 0.3) is 0 Å². The molecule has 27 heteroatoms. The van der Waals surface area contributed by atoms with E-state index in [0.717, 1.165) is 30.6 Å². The first kappa shape index (κ1) is 74.2. The fourth-order valence-electron chi connectivity index (χ4n) is 7.76.